The molecule has 2 N–H and O–H groups in total. The SMILES string of the molecule is CCOc1ccc(S(=O)(=O)NC[C@H](c2ccc(N(C)C)cc2)[NH+](C)C)cc1. The van der Waals surface area contributed by atoms with E-state index in [9.17, 15) is 8.42 Å². The summed E-state index contributed by atoms with van der Waals surface area (Å²) in [4.78, 5) is 3.43. The molecule has 2 aromatic rings. The number of nitrogens with one attached hydrogen (secondary N) is 2. The summed E-state index contributed by atoms with van der Waals surface area (Å²) >= 11 is 0. The molecule has 148 valence electrons. The fourth-order valence-corrected chi connectivity index (χ4v) is 3.87. The fraction of sp³-hybridized carbons (Fsp3) is 0.400. The number of nitrogens with zero attached hydrogens (tertiary/aromatic N) is 1. The minimum atomic E-state index is -3.58. The van der Waals surface area contributed by atoms with Crippen LogP contribution in [0.1, 0.15) is 18.5 Å². The average molecular weight is 393 g/mol. The summed E-state index contributed by atoms with van der Waals surface area (Å²) in [5, 5.41) is 0. The van der Waals surface area contributed by atoms with Gasteiger partial charge in [-0.15, -0.1) is 0 Å². The van der Waals surface area contributed by atoms with E-state index in [1.807, 2.05) is 52.1 Å². The Morgan fingerprint density at radius 3 is 2.11 bits per heavy atom. The van der Waals surface area contributed by atoms with Crippen LogP contribution in [0.15, 0.2) is 53.4 Å². The summed E-state index contributed by atoms with van der Waals surface area (Å²) in [6.07, 6.45) is 0. The molecule has 0 saturated carbocycles. The molecule has 0 fully saturated rings. The number of anilines is 1. The zero-order chi connectivity index (χ0) is 20.0. The highest BCUT2D eigenvalue weighted by molar-refractivity contribution is 7.89. The maximum atomic E-state index is 12.6. The summed E-state index contributed by atoms with van der Waals surface area (Å²) in [5.41, 5.74) is 2.20. The normalized spacial score (nSPS) is 12.8. The second-order valence-corrected chi connectivity index (χ2v) is 8.64. The van der Waals surface area contributed by atoms with Crippen LogP contribution in [0.2, 0.25) is 0 Å². The van der Waals surface area contributed by atoms with Gasteiger partial charge < -0.3 is 14.5 Å². The van der Waals surface area contributed by atoms with Crippen LogP contribution in [0.4, 0.5) is 5.69 Å². The van der Waals surface area contributed by atoms with Gasteiger partial charge in [0.1, 0.15) is 11.8 Å². The summed E-state index contributed by atoms with van der Waals surface area (Å²) < 4.78 is 33.4. The van der Waals surface area contributed by atoms with Crippen LogP contribution in [0.25, 0.3) is 0 Å². The zero-order valence-corrected chi connectivity index (χ0v) is 17.5. The van der Waals surface area contributed by atoms with Gasteiger partial charge in [-0.25, -0.2) is 13.1 Å². The van der Waals surface area contributed by atoms with Crippen LogP contribution in [-0.2, 0) is 10.0 Å². The Hall–Kier alpha value is -2.09. The van der Waals surface area contributed by atoms with Crippen LogP contribution in [0.5, 0.6) is 5.75 Å². The van der Waals surface area contributed by atoms with Crippen LogP contribution < -0.4 is 19.3 Å². The second kappa shape index (κ2) is 9.21. The van der Waals surface area contributed by atoms with Crippen molar-refractivity contribution in [3.8, 4) is 5.75 Å². The van der Waals surface area contributed by atoms with Crippen LogP contribution >= 0.6 is 0 Å². The first-order valence-electron chi connectivity index (χ1n) is 9.04. The largest absolute Gasteiger partial charge is 0.494 e. The molecule has 0 bridgehead atoms. The molecule has 27 heavy (non-hydrogen) atoms. The number of likely N-dealkylation sites (N-methyl/N-ethyl adjacent to an activating group) is 1. The van der Waals surface area contributed by atoms with Gasteiger partial charge in [-0.05, 0) is 43.3 Å². The number of hydrogen-bond acceptors (Lipinski definition) is 4. The Bertz CT molecular complexity index is 817. The standard InChI is InChI=1S/C20H29N3O3S/c1-6-26-18-11-13-19(14-12-18)27(24,25)21-15-20(23(4)5)16-7-9-17(10-8-16)22(2)3/h7-14,20-21H,6,15H2,1-5H3/p+1/t20-/m1/s1. The third-order valence-corrected chi connectivity index (χ3v) is 5.87. The first-order valence-corrected chi connectivity index (χ1v) is 10.5. The van der Waals surface area contributed by atoms with Gasteiger partial charge in [0, 0.05) is 25.3 Å². The maximum Gasteiger partial charge on any atom is 0.240 e. The van der Waals surface area contributed by atoms with Crippen molar-refractivity contribution in [2.75, 3.05) is 46.2 Å². The minimum absolute atomic E-state index is 0.0127. The molecule has 0 unspecified atom stereocenters. The Morgan fingerprint density at radius 2 is 1.63 bits per heavy atom. The van der Waals surface area contributed by atoms with Crippen molar-refractivity contribution in [2.45, 2.75) is 17.9 Å². The van der Waals surface area contributed by atoms with Gasteiger partial charge in [-0.2, -0.15) is 0 Å². The maximum absolute atomic E-state index is 12.6. The van der Waals surface area contributed by atoms with Crippen molar-refractivity contribution in [1.82, 2.24) is 4.72 Å². The first kappa shape index (κ1) is 21.2. The number of rotatable bonds is 9. The number of sulfonamides is 1. The van der Waals surface area contributed by atoms with E-state index in [0.717, 1.165) is 16.2 Å². The topological polar surface area (TPSA) is 63.1 Å². The van der Waals surface area contributed by atoms with Crippen molar-refractivity contribution in [3.63, 3.8) is 0 Å². The van der Waals surface area contributed by atoms with Crippen LogP contribution in [-0.4, -0.2) is 49.8 Å². The molecule has 7 heteroatoms. The lowest BCUT2D eigenvalue weighted by Gasteiger charge is -2.23. The molecule has 0 aromatic heterocycles. The van der Waals surface area contributed by atoms with Crippen molar-refractivity contribution in [3.05, 3.63) is 54.1 Å². The lowest BCUT2D eigenvalue weighted by molar-refractivity contribution is -0.890. The molecular weight excluding hydrogens is 362 g/mol. The van der Waals surface area contributed by atoms with Gasteiger partial charge in [-0.1, -0.05) is 12.1 Å². The fourth-order valence-electron chi connectivity index (χ4n) is 2.82. The molecule has 0 radical (unpaired) electrons. The third-order valence-electron chi connectivity index (χ3n) is 4.43. The third kappa shape index (κ3) is 5.69. The van der Waals surface area contributed by atoms with Crippen LogP contribution in [0.3, 0.4) is 0 Å². The minimum Gasteiger partial charge on any atom is -0.494 e. The van der Waals surface area contributed by atoms with Gasteiger partial charge in [0.25, 0.3) is 0 Å². The highest BCUT2D eigenvalue weighted by atomic mass is 32.2. The summed E-state index contributed by atoms with van der Waals surface area (Å²) in [6.45, 7) is 2.75. The van der Waals surface area contributed by atoms with Crippen molar-refractivity contribution < 1.29 is 18.1 Å². The molecule has 0 heterocycles. The molecular formula is C20H30N3O3S+. The van der Waals surface area contributed by atoms with E-state index < -0.39 is 10.0 Å². The van der Waals surface area contributed by atoms with E-state index in [2.05, 4.69) is 16.9 Å². The number of quaternary nitrogens is 1. The van der Waals surface area contributed by atoms with Gasteiger partial charge in [0.15, 0.2) is 0 Å². The molecule has 6 nitrogen and oxygen atoms in total. The van der Waals surface area contributed by atoms with E-state index in [1.54, 1.807) is 24.3 Å². The van der Waals surface area contributed by atoms with E-state index in [4.69, 9.17) is 4.74 Å². The van der Waals surface area contributed by atoms with E-state index in [1.165, 1.54) is 0 Å². The first-order chi connectivity index (χ1) is 12.7. The predicted octanol–water partition coefficient (Wildman–Crippen LogP) is 1.32. The molecule has 0 spiro atoms. The highest BCUT2D eigenvalue weighted by Crippen LogP contribution is 2.18. The Morgan fingerprint density at radius 1 is 1.04 bits per heavy atom. The quantitative estimate of drug-likeness (QED) is 0.676. The predicted molar refractivity (Wildman–Crippen MR) is 109 cm³/mol. The Labute approximate surface area is 162 Å². The molecule has 2 aromatic carbocycles. The molecule has 2 rings (SSSR count). The number of benzene rings is 2. The average Bonchev–Trinajstić information content (AvgIpc) is 2.62. The Balaban J connectivity index is 2.12. The molecule has 0 aliphatic heterocycles. The number of hydrogen-bond donors (Lipinski definition) is 2. The summed E-state index contributed by atoms with van der Waals surface area (Å²) in [7, 11) is 4.46. The van der Waals surface area contributed by atoms with Crippen molar-refractivity contribution in [1.29, 1.82) is 0 Å². The van der Waals surface area contributed by atoms with Gasteiger partial charge in [0.2, 0.25) is 10.0 Å². The molecule has 0 aliphatic rings. The van der Waals surface area contributed by atoms with Crippen LogP contribution in [0, 0.1) is 0 Å². The summed E-state index contributed by atoms with van der Waals surface area (Å²) in [5.74, 6) is 0.660. The monoisotopic (exact) mass is 392 g/mol. The molecule has 0 aliphatic carbocycles. The van der Waals surface area contributed by atoms with E-state index in [0.29, 0.717) is 18.9 Å². The van der Waals surface area contributed by atoms with Gasteiger partial charge >= 0.3 is 0 Å². The molecule has 0 amide bonds. The molecule has 0 saturated heterocycles. The Kier molecular flexibility index (Phi) is 7.24. The number of ether oxygens (including phenoxy) is 1. The van der Waals surface area contributed by atoms with E-state index >= 15 is 0 Å². The van der Waals surface area contributed by atoms with Gasteiger partial charge in [0.05, 0.1) is 32.1 Å². The lowest BCUT2D eigenvalue weighted by Crippen LogP contribution is -3.07. The summed E-state index contributed by atoms with van der Waals surface area (Å²) in [6, 6.07) is 14.7. The molecule has 1 atom stereocenters. The highest BCUT2D eigenvalue weighted by Gasteiger charge is 2.22. The van der Waals surface area contributed by atoms with E-state index in [-0.39, 0.29) is 10.9 Å². The van der Waals surface area contributed by atoms with Gasteiger partial charge in [-0.3, -0.25) is 0 Å². The lowest BCUT2D eigenvalue weighted by atomic mass is 10.1. The zero-order valence-electron chi connectivity index (χ0n) is 16.7. The second-order valence-electron chi connectivity index (χ2n) is 6.87. The van der Waals surface area contributed by atoms with Crippen molar-refractivity contribution in [2.24, 2.45) is 0 Å². The smallest absolute Gasteiger partial charge is 0.240 e. The van der Waals surface area contributed by atoms with Crippen molar-refractivity contribution >= 4 is 15.7 Å².